The van der Waals surface area contributed by atoms with E-state index in [9.17, 15) is 14.0 Å². The van der Waals surface area contributed by atoms with Gasteiger partial charge in [-0.2, -0.15) is 0 Å². The monoisotopic (exact) mass is 412 g/mol. The maximum atomic E-state index is 14.0. The molecule has 1 aliphatic heterocycles. The van der Waals surface area contributed by atoms with Crippen LogP contribution >= 0.6 is 0 Å². The summed E-state index contributed by atoms with van der Waals surface area (Å²) in [6.45, 7) is 7.73. The van der Waals surface area contributed by atoms with Crippen LogP contribution in [0.1, 0.15) is 49.0 Å². The van der Waals surface area contributed by atoms with Crippen LogP contribution in [-0.2, 0) is 4.79 Å². The van der Waals surface area contributed by atoms with Crippen molar-refractivity contribution < 1.29 is 18.7 Å². The molecule has 160 valence electrons. The topological polar surface area (TPSA) is 49.9 Å². The Bertz CT molecular complexity index is 900. The predicted octanol–water partition coefficient (Wildman–Crippen LogP) is 4.09. The quantitative estimate of drug-likeness (QED) is 0.743. The highest BCUT2D eigenvalue weighted by molar-refractivity contribution is 5.94. The first-order valence-electron chi connectivity index (χ1n) is 10.5. The number of carbonyl (C=O) groups is 2. The molecule has 1 aliphatic rings. The molecule has 0 radical (unpaired) electrons. The third-order valence-electron chi connectivity index (χ3n) is 5.39. The van der Waals surface area contributed by atoms with Gasteiger partial charge in [0.1, 0.15) is 11.6 Å². The molecule has 1 fully saturated rings. The van der Waals surface area contributed by atoms with Gasteiger partial charge in [-0.1, -0.05) is 44.2 Å². The number of carbonyl (C=O) groups excluding carboxylic acids is 2. The summed E-state index contributed by atoms with van der Waals surface area (Å²) in [6.07, 6.45) is 0.0139. The number of amides is 2. The summed E-state index contributed by atoms with van der Waals surface area (Å²) in [4.78, 5) is 29.0. The van der Waals surface area contributed by atoms with Gasteiger partial charge in [0, 0.05) is 26.2 Å². The molecule has 1 unspecified atom stereocenters. The van der Waals surface area contributed by atoms with Crippen LogP contribution in [0, 0.1) is 5.82 Å². The summed E-state index contributed by atoms with van der Waals surface area (Å²) in [7, 11) is 0. The lowest BCUT2D eigenvalue weighted by molar-refractivity contribution is -0.137. The van der Waals surface area contributed by atoms with Crippen molar-refractivity contribution in [1.29, 1.82) is 0 Å². The first kappa shape index (κ1) is 21.8. The molecule has 30 heavy (non-hydrogen) atoms. The number of nitrogens with zero attached hydrogens (tertiary/aromatic N) is 2. The molecule has 3 rings (SSSR count). The van der Waals surface area contributed by atoms with Gasteiger partial charge in [-0.3, -0.25) is 9.59 Å². The molecule has 0 saturated carbocycles. The van der Waals surface area contributed by atoms with E-state index in [1.807, 2.05) is 24.3 Å². The van der Waals surface area contributed by atoms with Crippen molar-refractivity contribution in [2.45, 2.75) is 39.2 Å². The van der Waals surface area contributed by atoms with E-state index < -0.39 is 11.9 Å². The molecule has 0 spiro atoms. The predicted molar refractivity (Wildman–Crippen MR) is 114 cm³/mol. The van der Waals surface area contributed by atoms with Crippen LogP contribution in [0.5, 0.6) is 5.75 Å². The Labute approximate surface area is 177 Å². The third-order valence-corrected chi connectivity index (χ3v) is 5.39. The van der Waals surface area contributed by atoms with Crippen molar-refractivity contribution >= 4 is 11.8 Å². The zero-order valence-corrected chi connectivity index (χ0v) is 17.8. The molecule has 0 aliphatic carbocycles. The second-order valence-electron chi connectivity index (χ2n) is 7.90. The number of hydrogen-bond donors (Lipinski definition) is 0. The van der Waals surface area contributed by atoms with E-state index in [-0.39, 0.29) is 17.4 Å². The van der Waals surface area contributed by atoms with Crippen molar-refractivity contribution in [2.24, 2.45) is 0 Å². The Hall–Kier alpha value is -2.89. The fourth-order valence-corrected chi connectivity index (χ4v) is 3.71. The molecule has 5 nitrogen and oxygen atoms in total. The maximum Gasteiger partial charge on any atom is 0.263 e. The van der Waals surface area contributed by atoms with Crippen LogP contribution in [0.2, 0.25) is 0 Å². The smallest absolute Gasteiger partial charge is 0.263 e. The summed E-state index contributed by atoms with van der Waals surface area (Å²) in [6, 6.07) is 13.8. The molecule has 6 heteroatoms. The lowest BCUT2D eigenvalue weighted by Gasteiger charge is -2.26. The summed E-state index contributed by atoms with van der Waals surface area (Å²) in [5, 5.41) is 0. The van der Waals surface area contributed by atoms with E-state index in [1.165, 1.54) is 12.1 Å². The molecular formula is C24H29FN2O3. The number of halogens is 1. The standard InChI is InChI=1S/C24H29FN2O3/c1-17(2)19-9-5-7-12-22(19)30-18(3)23(28)26-13-8-14-27(16-15-26)24(29)20-10-4-6-11-21(20)25/h4-7,9-12,17-18H,8,13-16H2,1-3H3. The number of para-hydroxylation sites is 1. The molecule has 0 aromatic heterocycles. The highest BCUT2D eigenvalue weighted by Gasteiger charge is 2.27. The summed E-state index contributed by atoms with van der Waals surface area (Å²) >= 11 is 0. The van der Waals surface area contributed by atoms with Gasteiger partial charge in [-0.05, 0) is 43.0 Å². The van der Waals surface area contributed by atoms with Crippen LogP contribution in [0.25, 0.3) is 0 Å². The normalized spacial score (nSPS) is 15.6. The van der Waals surface area contributed by atoms with Crippen LogP contribution in [0.3, 0.4) is 0 Å². The minimum Gasteiger partial charge on any atom is -0.481 e. The Morgan fingerprint density at radius 1 is 0.900 bits per heavy atom. The average molecular weight is 413 g/mol. The highest BCUT2D eigenvalue weighted by Crippen LogP contribution is 2.27. The molecule has 0 bridgehead atoms. The summed E-state index contributed by atoms with van der Waals surface area (Å²) < 4.78 is 20.0. The zero-order valence-electron chi connectivity index (χ0n) is 17.8. The minimum atomic E-state index is -0.626. The van der Waals surface area contributed by atoms with E-state index in [0.717, 1.165) is 11.3 Å². The zero-order chi connectivity index (χ0) is 21.7. The van der Waals surface area contributed by atoms with E-state index in [1.54, 1.807) is 28.9 Å². The van der Waals surface area contributed by atoms with Crippen molar-refractivity contribution in [3.05, 3.63) is 65.5 Å². The van der Waals surface area contributed by atoms with Crippen molar-refractivity contribution in [1.82, 2.24) is 9.80 Å². The van der Waals surface area contributed by atoms with E-state index in [2.05, 4.69) is 13.8 Å². The van der Waals surface area contributed by atoms with Gasteiger partial charge in [0.15, 0.2) is 6.10 Å². The van der Waals surface area contributed by atoms with Crippen molar-refractivity contribution in [2.75, 3.05) is 26.2 Å². The second kappa shape index (κ2) is 9.74. The Kier molecular flexibility index (Phi) is 7.08. The molecular weight excluding hydrogens is 383 g/mol. The summed E-state index contributed by atoms with van der Waals surface area (Å²) in [5.74, 6) is 0.0518. The number of rotatable bonds is 5. The van der Waals surface area contributed by atoms with Gasteiger partial charge in [-0.25, -0.2) is 4.39 Å². The van der Waals surface area contributed by atoms with Crippen LogP contribution in [0.15, 0.2) is 48.5 Å². The number of benzene rings is 2. The van der Waals surface area contributed by atoms with Gasteiger partial charge in [0.05, 0.1) is 5.56 Å². The molecule has 1 saturated heterocycles. The lowest BCUT2D eigenvalue weighted by atomic mass is 10.0. The fourth-order valence-electron chi connectivity index (χ4n) is 3.71. The van der Waals surface area contributed by atoms with Crippen molar-refractivity contribution in [3.8, 4) is 5.75 Å². The Morgan fingerprint density at radius 3 is 2.27 bits per heavy atom. The van der Waals surface area contributed by atoms with E-state index >= 15 is 0 Å². The minimum absolute atomic E-state index is 0.0688. The van der Waals surface area contributed by atoms with Gasteiger partial charge in [-0.15, -0.1) is 0 Å². The van der Waals surface area contributed by atoms with Gasteiger partial charge >= 0.3 is 0 Å². The van der Waals surface area contributed by atoms with Crippen LogP contribution < -0.4 is 4.74 Å². The molecule has 1 heterocycles. The number of hydrogen-bond acceptors (Lipinski definition) is 3. The SMILES string of the molecule is CC(Oc1ccccc1C(C)C)C(=O)N1CCCN(C(=O)c2ccccc2F)CC1. The third kappa shape index (κ3) is 4.99. The second-order valence-corrected chi connectivity index (χ2v) is 7.90. The molecule has 1 atom stereocenters. The fraction of sp³-hybridized carbons (Fsp3) is 0.417. The van der Waals surface area contributed by atoms with Crippen molar-refractivity contribution in [3.63, 3.8) is 0 Å². The van der Waals surface area contributed by atoms with Crippen LogP contribution in [0.4, 0.5) is 4.39 Å². The Morgan fingerprint density at radius 2 is 1.53 bits per heavy atom. The van der Waals surface area contributed by atoms with Gasteiger partial charge < -0.3 is 14.5 Å². The van der Waals surface area contributed by atoms with Gasteiger partial charge in [0.2, 0.25) is 0 Å². The maximum absolute atomic E-state index is 14.0. The average Bonchev–Trinajstić information content (AvgIpc) is 2.99. The summed E-state index contributed by atoms with van der Waals surface area (Å²) in [5.41, 5.74) is 1.13. The first-order valence-corrected chi connectivity index (χ1v) is 10.5. The first-order chi connectivity index (χ1) is 14.4. The molecule has 2 amide bonds. The Balaban J connectivity index is 1.63. The molecule has 2 aromatic carbocycles. The largest absolute Gasteiger partial charge is 0.481 e. The van der Waals surface area contributed by atoms with E-state index in [4.69, 9.17) is 4.74 Å². The van der Waals surface area contributed by atoms with E-state index in [0.29, 0.717) is 38.5 Å². The van der Waals surface area contributed by atoms with Crippen LogP contribution in [-0.4, -0.2) is 53.9 Å². The lowest BCUT2D eigenvalue weighted by Crippen LogP contribution is -2.43. The van der Waals surface area contributed by atoms with Gasteiger partial charge in [0.25, 0.3) is 11.8 Å². The highest BCUT2D eigenvalue weighted by atomic mass is 19.1. The molecule has 2 aromatic rings. The molecule has 0 N–H and O–H groups in total. The number of ether oxygens (including phenoxy) is 1.